The van der Waals surface area contributed by atoms with Gasteiger partial charge in [-0.25, -0.2) is 0 Å². The zero-order valence-corrected chi connectivity index (χ0v) is 8.09. The van der Waals surface area contributed by atoms with E-state index in [9.17, 15) is 4.79 Å². The highest BCUT2D eigenvalue weighted by atomic mass is 79.9. The first kappa shape index (κ1) is 8.27. The Hall–Kier alpha value is -1.34. The highest BCUT2D eigenvalue weighted by Gasteiger charge is 2.24. The summed E-state index contributed by atoms with van der Waals surface area (Å²) in [5, 5.41) is 8.75. The fourth-order valence-electron chi connectivity index (χ4n) is 1.25. The summed E-state index contributed by atoms with van der Waals surface area (Å²) in [6.45, 7) is 0.0421. The Morgan fingerprint density at radius 1 is 1.54 bits per heavy atom. The molecule has 0 aliphatic carbocycles. The van der Waals surface area contributed by atoms with E-state index in [1.165, 1.54) is 0 Å². The molecule has 1 aliphatic heterocycles. The third-order valence-corrected chi connectivity index (χ3v) is 2.28. The molecular weight excluding hydrogens is 234 g/mol. The molecule has 1 aromatic carbocycles. The standard InChI is InChI=1S/C9H4BrNO2/c10-6-1-5(3-11)9-7(2-6)8(12)4-13-9/h1-2H,4H2. The SMILES string of the molecule is N#Cc1cc(Br)cc2c1OCC2=O. The molecule has 3 nitrogen and oxygen atoms in total. The molecule has 1 heterocycles. The van der Waals surface area contributed by atoms with Gasteiger partial charge >= 0.3 is 0 Å². The average Bonchev–Trinajstić information content (AvgIpc) is 2.47. The molecule has 0 saturated carbocycles. The second-order valence-corrected chi connectivity index (χ2v) is 3.57. The minimum atomic E-state index is -0.0761. The summed E-state index contributed by atoms with van der Waals surface area (Å²) >= 11 is 3.23. The van der Waals surface area contributed by atoms with E-state index in [1.807, 2.05) is 6.07 Å². The monoisotopic (exact) mass is 237 g/mol. The zero-order chi connectivity index (χ0) is 9.42. The lowest BCUT2D eigenvalue weighted by atomic mass is 10.1. The van der Waals surface area contributed by atoms with Crippen LogP contribution >= 0.6 is 15.9 Å². The zero-order valence-electron chi connectivity index (χ0n) is 6.50. The van der Waals surface area contributed by atoms with Gasteiger partial charge in [0.25, 0.3) is 0 Å². The lowest BCUT2D eigenvalue weighted by molar-refractivity contribution is 0.0961. The fraction of sp³-hybridized carbons (Fsp3) is 0.111. The molecule has 0 atom stereocenters. The van der Waals surface area contributed by atoms with Gasteiger partial charge in [-0.3, -0.25) is 4.79 Å². The highest BCUT2D eigenvalue weighted by Crippen LogP contribution is 2.32. The van der Waals surface area contributed by atoms with Gasteiger partial charge in [-0.1, -0.05) is 15.9 Å². The molecule has 1 aliphatic rings. The largest absolute Gasteiger partial charge is 0.483 e. The molecule has 4 heteroatoms. The molecule has 0 radical (unpaired) electrons. The van der Waals surface area contributed by atoms with Crippen molar-refractivity contribution in [1.82, 2.24) is 0 Å². The molecular formula is C9H4BrNO2. The van der Waals surface area contributed by atoms with Crippen LogP contribution < -0.4 is 4.74 Å². The maximum absolute atomic E-state index is 11.2. The number of fused-ring (bicyclic) bond motifs is 1. The molecule has 0 fully saturated rings. The van der Waals surface area contributed by atoms with Crippen LogP contribution in [0, 0.1) is 11.3 Å². The molecule has 1 aromatic rings. The Balaban J connectivity index is 2.72. The van der Waals surface area contributed by atoms with Gasteiger partial charge < -0.3 is 4.74 Å². The van der Waals surface area contributed by atoms with Crippen molar-refractivity contribution in [2.75, 3.05) is 6.61 Å². The fourth-order valence-corrected chi connectivity index (χ4v) is 1.71. The Bertz CT molecular complexity index is 434. The quantitative estimate of drug-likeness (QED) is 0.693. The van der Waals surface area contributed by atoms with E-state index < -0.39 is 0 Å². The van der Waals surface area contributed by atoms with Gasteiger partial charge in [-0.05, 0) is 12.1 Å². The lowest BCUT2D eigenvalue weighted by Gasteiger charge is -1.99. The predicted molar refractivity (Wildman–Crippen MR) is 48.7 cm³/mol. The number of nitriles is 1. The van der Waals surface area contributed by atoms with Crippen LogP contribution in [0.25, 0.3) is 0 Å². The first-order valence-corrected chi connectivity index (χ1v) is 4.41. The van der Waals surface area contributed by atoms with Gasteiger partial charge in [-0.2, -0.15) is 5.26 Å². The van der Waals surface area contributed by atoms with Crippen molar-refractivity contribution < 1.29 is 9.53 Å². The third-order valence-electron chi connectivity index (χ3n) is 1.82. The van der Waals surface area contributed by atoms with Crippen LogP contribution in [0.15, 0.2) is 16.6 Å². The van der Waals surface area contributed by atoms with E-state index in [2.05, 4.69) is 15.9 Å². The van der Waals surface area contributed by atoms with Crippen molar-refractivity contribution in [2.45, 2.75) is 0 Å². The van der Waals surface area contributed by atoms with Crippen molar-refractivity contribution in [2.24, 2.45) is 0 Å². The van der Waals surface area contributed by atoms with Crippen molar-refractivity contribution in [3.63, 3.8) is 0 Å². The summed E-state index contributed by atoms with van der Waals surface area (Å²) < 4.78 is 5.82. The van der Waals surface area contributed by atoms with Crippen LogP contribution in [0.1, 0.15) is 15.9 Å². The molecule has 13 heavy (non-hydrogen) atoms. The van der Waals surface area contributed by atoms with Crippen LogP contribution in [0.3, 0.4) is 0 Å². The normalized spacial score (nSPS) is 13.4. The topological polar surface area (TPSA) is 50.1 Å². The Morgan fingerprint density at radius 3 is 3.00 bits per heavy atom. The first-order valence-electron chi connectivity index (χ1n) is 3.62. The average molecular weight is 238 g/mol. The number of ether oxygens (including phenoxy) is 1. The molecule has 0 unspecified atom stereocenters. The summed E-state index contributed by atoms with van der Waals surface area (Å²) in [4.78, 5) is 11.2. The minimum Gasteiger partial charge on any atom is -0.483 e. The summed E-state index contributed by atoms with van der Waals surface area (Å²) in [5.41, 5.74) is 0.890. The summed E-state index contributed by atoms with van der Waals surface area (Å²) in [5.74, 6) is 0.337. The van der Waals surface area contributed by atoms with Gasteiger partial charge in [-0.15, -0.1) is 0 Å². The number of hydrogen-bond acceptors (Lipinski definition) is 3. The summed E-state index contributed by atoms with van der Waals surface area (Å²) in [6, 6.07) is 5.29. The van der Waals surface area contributed by atoms with Gasteiger partial charge in [0, 0.05) is 4.47 Å². The van der Waals surface area contributed by atoms with Crippen LogP contribution in [0.4, 0.5) is 0 Å². The Labute approximate surface area is 83.1 Å². The second-order valence-electron chi connectivity index (χ2n) is 2.65. The van der Waals surface area contributed by atoms with Crippen LogP contribution in [0.2, 0.25) is 0 Å². The van der Waals surface area contributed by atoms with Crippen LogP contribution in [-0.4, -0.2) is 12.4 Å². The minimum absolute atomic E-state index is 0.0421. The van der Waals surface area contributed by atoms with Crippen molar-refractivity contribution in [1.29, 1.82) is 5.26 Å². The van der Waals surface area contributed by atoms with Gasteiger partial charge in [0.1, 0.15) is 11.8 Å². The number of ketones is 1. The van der Waals surface area contributed by atoms with Crippen LogP contribution in [0.5, 0.6) is 5.75 Å². The number of halogens is 1. The number of hydrogen-bond donors (Lipinski definition) is 0. The highest BCUT2D eigenvalue weighted by molar-refractivity contribution is 9.10. The van der Waals surface area contributed by atoms with E-state index >= 15 is 0 Å². The molecule has 0 aromatic heterocycles. The number of carbonyl (C=O) groups is 1. The lowest BCUT2D eigenvalue weighted by Crippen LogP contribution is -1.98. The Morgan fingerprint density at radius 2 is 2.31 bits per heavy atom. The first-order chi connectivity index (χ1) is 6.22. The summed E-state index contributed by atoms with van der Waals surface area (Å²) in [7, 11) is 0. The number of rotatable bonds is 0. The van der Waals surface area contributed by atoms with E-state index in [4.69, 9.17) is 10.00 Å². The van der Waals surface area contributed by atoms with Gasteiger partial charge in [0.2, 0.25) is 5.78 Å². The number of carbonyl (C=O) groups excluding carboxylic acids is 1. The maximum atomic E-state index is 11.2. The number of benzene rings is 1. The van der Waals surface area contributed by atoms with Gasteiger partial charge in [0.15, 0.2) is 6.61 Å². The molecule has 64 valence electrons. The van der Waals surface area contributed by atoms with Crippen molar-refractivity contribution in [3.05, 3.63) is 27.7 Å². The molecule has 0 saturated heterocycles. The third kappa shape index (κ3) is 1.21. The van der Waals surface area contributed by atoms with Crippen molar-refractivity contribution >= 4 is 21.7 Å². The van der Waals surface area contributed by atoms with Crippen molar-refractivity contribution in [3.8, 4) is 11.8 Å². The van der Waals surface area contributed by atoms with E-state index in [1.54, 1.807) is 12.1 Å². The maximum Gasteiger partial charge on any atom is 0.204 e. The van der Waals surface area contributed by atoms with E-state index in [0.29, 0.717) is 16.9 Å². The molecule has 0 spiro atoms. The molecule has 0 N–H and O–H groups in total. The van der Waals surface area contributed by atoms with E-state index in [0.717, 1.165) is 4.47 Å². The second kappa shape index (κ2) is 2.86. The molecule has 2 rings (SSSR count). The number of nitrogens with zero attached hydrogens (tertiary/aromatic N) is 1. The van der Waals surface area contributed by atoms with E-state index in [-0.39, 0.29) is 12.4 Å². The Kier molecular flexibility index (Phi) is 1.82. The smallest absolute Gasteiger partial charge is 0.204 e. The van der Waals surface area contributed by atoms with Crippen LogP contribution in [-0.2, 0) is 0 Å². The predicted octanol–water partition coefficient (Wildman–Crippen LogP) is 1.90. The summed E-state index contributed by atoms with van der Waals surface area (Å²) in [6.07, 6.45) is 0. The number of Topliss-reactive ketones (excluding diaryl/α,β-unsaturated/α-hetero) is 1. The molecule has 0 bridgehead atoms. The van der Waals surface area contributed by atoms with Gasteiger partial charge in [0.05, 0.1) is 11.1 Å². The molecule has 0 amide bonds.